The van der Waals surface area contributed by atoms with Gasteiger partial charge < -0.3 is 10.5 Å². The molecule has 120 valence electrons. The molecule has 0 heterocycles. The molecule has 1 aromatic carbocycles. The van der Waals surface area contributed by atoms with Crippen molar-refractivity contribution >= 4 is 17.3 Å². The van der Waals surface area contributed by atoms with Gasteiger partial charge in [0.15, 0.2) is 0 Å². The van der Waals surface area contributed by atoms with Crippen LogP contribution in [-0.2, 0) is 16.1 Å². The molecular weight excluding hydrogens is 294 g/mol. The van der Waals surface area contributed by atoms with E-state index in [1.54, 1.807) is 0 Å². The van der Waals surface area contributed by atoms with Gasteiger partial charge in [0.2, 0.25) is 0 Å². The molecule has 2 N–H and O–H groups in total. The molecule has 0 fully saturated rings. The highest BCUT2D eigenvalue weighted by molar-refractivity contribution is 5.69. The number of nitrogens with zero attached hydrogens (tertiary/aromatic N) is 2. The first-order valence-electron chi connectivity index (χ1n) is 6.72. The third kappa shape index (κ3) is 5.83. The number of unbranched alkanes of at least 4 members (excludes halogenated alkanes) is 2. The number of non-ortho nitro benzene ring substituents is 2. The highest BCUT2D eigenvalue weighted by atomic mass is 16.6. The van der Waals surface area contributed by atoms with Crippen molar-refractivity contribution in [3.05, 3.63) is 44.0 Å². The van der Waals surface area contributed by atoms with E-state index in [1.165, 1.54) is 0 Å². The summed E-state index contributed by atoms with van der Waals surface area (Å²) in [5, 5.41) is 21.5. The predicted molar refractivity (Wildman–Crippen MR) is 77.1 cm³/mol. The number of rotatable bonds is 9. The largest absolute Gasteiger partial charge is 0.461 e. The van der Waals surface area contributed by atoms with E-state index in [2.05, 4.69) is 0 Å². The Labute approximate surface area is 126 Å². The van der Waals surface area contributed by atoms with Crippen LogP contribution >= 0.6 is 0 Å². The Morgan fingerprint density at radius 3 is 2.14 bits per heavy atom. The van der Waals surface area contributed by atoms with Gasteiger partial charge in [-0.15, -0.1) is 0 Å². The first-order chi connectivity index (χ1) is 10.4. The molecule has 0 aliphatic heterocycles. The molecule has 1 aromatic rings. The minimum Gasteiger partial charge on any atom is -0.461 e. The molecule has 0 bridgehead atoms. The van der Waals surface area contributed by atoms with E-state index in [1.807, 2.05) is 0 Å². The molecule has 0 saturated heterocycles. The Morgan fingerprint density at radius 2 is 1.64 bits per heavy atom. The van der Waals surface area contributed by atoms with Crippen LogP contribution in [0.5, 0.6) is 0 Å². The van der Waals surface area contributed by atoms with E-state index in [0.29, 0.717) is 13.0 Å². The van der Waals surface area contributed by atoms with E-state index in [4.69, 9.17) is 10.5 Å². The van der Waals surface area contributed by atoms with Gasteiger partial charge in [-0.05, 0) is 19.4 Å². The number of esters is 1. The lowest BCUT2D eigenvalue weighted by atomic mass is 10.2. The summed E-state index contributed by atoms with van der Waals surface area (Å²) in [6.07, 6.45) is 2.50. The second kappa shape index (κ2) is 8.67. The Hall–Kier alpha value is -2.55. The molecule has 0 aromatic heterocycles. The van der Waals surface area contributed by atoms with Crippen molar-refractivity contribution in [2.24, 2.45) is 5.73 Å². The van der Waals surface area contributed by atoms with Gasteiger partial charge in [-0.25, -0.2) is 0 Å². The normalized spacial score (nSPS) is 10.2. The maximum Gasteiger partial charge on any atom is 0.306 e. The van der Waals surface area contributed by atoms with Gasteiger partial charge in [0.05, 0.1) is 15.9 Å². The van der Waals surface area contributed by atoms with Gasteiger partial charge in [-0.3, -0.25) is 25.0 Å². The van der Waals surface area contributed by atoms with Crippen LogP contribution in [0.1, 0.15) is 31.2 Å². The maximum absolute atomic E-state index is 11.5. The lowest BCUT2D eigenvalue weighted by Gasteiger charge is -2.05. The van der Waals surface area contributed by atoms with Crippen molar-refractivity contribution in [3.63, 3.8) is 0 Å². The van der Waals surface area contributed by atoms with Crippen LogP contribution in [0, 0.1) is 20.2 Å². The summed E-state index contributed by atoms with van der Waals surface area (Å²) in [4.78, 5) is 31.5. The molecule has 0 aliphatic carbocycles. The van der Waals surface area contributed by atoms with Gasteiger partial charge in [0.1, 0.15) is 6.61 Å². The maximum atomic E-state index is 11.5. The van der Waals surface area contributed by atoms with Crippen molar-refractivity contribution in [1.82, 2.24) is 0 Å². The van der Waals surface area contributed by atoms with Crippen LogP contribution in [0.15, 0.2) is 18.2 Å². The summed E-state index contributed by atoms with van der Waals surface area (Å²) < 4.78 is 4.96. The van der Waals surface area contributed by atoms with Gasteiger partial charge in [0, 0.05) is 24.1 Å². The smallest absolute Gasteiger partial charge is 0.306 e. The molecule has 1 rings (SSSR count). The molecule has 0 unspecified atom stereocenters. The first-order valence-corrected chi connectivity index (χ1v) is 6.72. The summed E-state index contributed by atoms with van der Waals surface area (Å²) in [7, 11) is 0. The molecule has 0 spiro atoms. The third-order valence-electron chi connectivity index (χ3n) is 2.87. The van der Waals surface area contributed by atoms with Crippen LogP contribution in [0.4, 0.5) is 11.4 Å². The molecule has 9 heteroatoms. The number of nitro benzene ring substituents is 2. The van der Waals surface area contributed by atoms with E-state index in [9.17, 15) is 25.0 Å². The number of nitrogens with two attached hydrogens (primary N) is 1. The number of carbonyl (C=O) groups is 1. The van der Waals surface area contributed by atoms with Crippen LogP contribution in [0.3, 0.4) is 0 Å². The second-order valence-electron chi connectivity index (χ2n) is 4.63. The van der Waals surface area contributed by atoms with Crippen molar-refractivity contribution in [3.8, 4) is 0 Å². The molecule has 0 radical (unpaired) electrons. The second-order valence-corrected chi connectivity index (χ2v) is 4.63. The number of benzene rings is 1. The number of nitro groups is 2. The average molecular weight is 311 g/mol. The van der Waals surface area contributed by atoms with Crippen LogP contribution in [0.25, 0.3) is 0 Å². The van der Waals surface area contributed by atoms with E-state index in [0.717, 1.165) is 31.0 Å². The van der Waals surface area contributed by atoms with Gasteiger partial charge in [-0.2, -0.15) is 0 Å². The molecular formula is C13H17N3O6. The minimum atomic E-state index is -0.731. The molecule has 22 heavy (non-hydrogen) atoms. The van der Waals surface area contributed by atoms with Crippen molar-refractivity contribution in [2.45, 2.75) is 32.3 Å². The highest BCUT2D eigenvalue weighted by Gasteiger charge is 2.17. The molecule has 0 aliphatic rings. The average Bonchev–Trinajstić information content (AvgIpc) is 2.49. The fraction of sp³-hybridized carbons (Fsp3) is 0.462. The zero-order valence-corrected chi connectivity index (χ0v) is 11.9. The number of hydrogen-bond acceptors (Lipinski definition) is 7. The Bertz CT molecular complexity index is 528. The van der Waals surface area contributed by atoms with E-state index < -0.39 is 27.2 Å². The standard InChI is InChI=1S/C13H17N3O6/c14-5-3-1-2-4-13(17)22-9-10-6-11(15(18)19)8-12(7-10)16(20)21/h6-8H,1-5,9,14H2. The quantitative estimate of drug-likeness (QED) is 0.318. The van der Waals surface area contributed by atoms with Crippen molar-refractivity contribution in [2.75, 3.05) is 6.54 Å². The SMILES string of the molecule is NCCCCCC(=O)OCc1cc([N+](=O)[O-])cc([N+](=O)[O-])c1. The summed E-state index contributed by atoms with van der Waals surface area (Å²) in [6.45, 7) is 0.324. The van der Waals surface area contributed by atoms with Gasteiger partial charge in [-0.1, -0.05) is 6.42 Å². The third-order valence-corrected chi connectivity index (χ3v) is 2.87. The van der Waals surface area contributed by atoms with Crippen LogP contribution in [0.2, 0.25) is 0 Å². The predicted octanol–water partition coefficient (Wildman–Crippen LogP) is 2.07. The number of ether oxygens (including phenoxy) is 1. The summed E-state index contributed by atoms with van der Waals surface area (Å²) in [5.74, 6) is -0.453. The Kier molecular flexibility index (Phi) is 6.90. The summed E-state index contributed by atoms with van der Waals surface area (Å²) in [5.41, 5.74) is 4.71. The molecule has 0 amide bonds. The molecule has 9 nitrogen and oxygen atoms in total. The number of carbonyl (C=O) groups excluding carboxylic acids is 1. The Balaban J connectivity index is 2.63. The number of hydrogen-bond donors (Lipinski definition) is 1. The van der Waals surface area contributed by atoms with E-state index in [-0.39, 0.29) is 18.6 Å². The highest BCUT2D eigenvalue weighted by Crippen LogP contribution is 2.23. The van der Waals surface area contributed by atoms with Crippen LogP contribution in [-0.4, -0.2) is 22.4 Å². The topological polar surface area (TPSA) is 139 Å². The minimum absolute atomic E-state index is 0.205. The fourth-order valence-electron chi connectivity index (χ4n) is 1.78. The van der Waals surface area contributed by atoms with Crippen molar-refractivity contribution in [1.29, 1.82) is 0 Å². The zero-order valence-electron chi connectivity index (χ0n) is 11.9. The fourth-order valence-corrected chi connectivity index (χ4v) is 1.78. The van der Waals surface area contributed by atoms with Gasteiger partial charge >= 0.3 is 5.97 Å². The summed E-state index contributed by atoms with van der Waals surface area (Å²) >= 11 is 0. The van der Waals surface area contributed by atoms with Gasteiger partial charge in [0.25, 0.3) is 11.4 Å². The zero-order chi connectivity index (χ0) is 16.5. The Morgan fingerprint density at radius 1 is 1.05 bits per heavy atom. The lowest BCUT2D eigenvalue weighted by Crippen LogP contribution is -2.06. The van der Waals surface area contributed by atoms with E-state index >= 15 is 0 Å². The van der Waals surface area contributed by atoms with Crippen LogP contribution < -0.4 is 5.73 Å². The first kappa shape index (κ1) is 17.5. The molecule has 0 saturated carbocycles. The van der Waals surface area contributed by atoms with Crippen molar-refractivity contribution < 1.29 is 19.4 Å². The summed E-state index contributed by atoms with van der Waals surface area (Å²) in [6, 6.07) is 3.15. The molecule has 0 atom stereocenters. The monoisotopic (exact) mass is 311 g/mol. The lowest BCUT2D eigenvalue weighted by molar-refractivity contribution is -0.394.